The van der Waals surface area contributed by atoms with Gasteiger partial charge in [-0.2, -0.15) is 0 Å². The van der Waals surface area contributed by atoms with E-state index in [0.29, 0.717) is 22.9 Å². The van der Waals surface area contributed by atoms with E-state index in [9.17, 15) is 14.7 Å². The van der Waals surface area contributed by atoms with E-state index in [1.165, 1.54) is 5.57 Å². The van der Waals surface area contributed by atoms with Crippen molar-refractivity contribution < 1.29 is 14.7 Å². The quantitative estimate of drug-likeness (QED) is 0.556. The molecule has 2 fully saturated rings. The molecule has 0 aromatic carbocycles. The first-order valence-corrected chi connectivity index (χ1v) is 10.7. The number of hydrogen-bond acceptors (Lipinski definition) is 3. The van der Waals surface area contributed by atoms with Crippen molar-refractivity contribution in [2.75, 3.05) is 5.33 Å². The van der Waals surface area contributed by atoms with E-state index in [-0.39, 0.29) is 29.0 Å². The lowest BCUT2D eigenvalue weighted by molar-refractivity contribution is -0.124. The zero-order chi connectivity index (χ0) is 18.0. The maximum atomic E-state index is 12.5. The van der Waals surface area contributed by atoms with Gasteiger partial charge in [-0.1, -0.05) is 40.1 Å². The van der Waals surface area contributed by atoms with Gasteiger partial charge in [-0.25, -0.2) is 0 Å². The van der Waals surface area contributed by atoms with Crippen LogP contribution in [0.5, 0.6) is 0 Å². The fourth-order valence-corrected chi connectivity index (χ4v) is 6.92. The summed E-state index contributed by atoms with van der Waals surface area (Å²) in [6, 6.07) is 0. The first-order valence-electron chi connectivity index (χ1n) is 9.53. The molecule has 4 aliphatic carbocycles. The fraction of sp³-hybridized carbons (Fsp3) is 0.714. The summed E-state index contributed by atoms with van der Waals surface area (Å²) in [4.78, 5) is 24.4. The first-order chi connectivity index (χ1) is 11.8. The number of aliphatic hydroxyl groups excluding tert-OH is 1. The molecule has 0 aromatic rings. The number of halogens is 1. The second-order valence-electron chi connectivity index (χ2n) is 8.91. The molecule has 0 saturated heterocycles. The summed E-state index contributed by atoms with van der Waals surface area (Å²) in [6.07, 6.45) is 8.69. The molecule has 6 atom stereocenters. The number of ketones is 2. The number of aliphatic hydroxyl groups is 1. The highest BCUT2D eigenvalue weighted by atomic mass is 79.9. The molecule has 0 bridgehead atoms. The zero-order valence-corrected chi connectivity index (χ0v) is 16.6. The molecular weight excluding hydrogens is 380 g/mol. The predicted molar refractivity (Wildman–Crippen MR) is 100 cm³/mol. The van der Waals surface area contributed by atoms with Crippen LogP contribution < -0.4 is 0 Å². The van der Waals surface area contributed by atoms with E-state index in [4.69, 9.17) is 0 Å². The summed E-state index contributed by atoms with van der Waals surface area (Å²) in [6.45, 7) is 4.43. The number of Topliss-reactive ketones (excluding diaryl/α,β-unsaturated/α-hetero) is 1. The molecule has 2 saturated carbocycles. The van der Waals surface area contributed by atoms with Crippen LogP contribution in [0.1, 0.15) is 52.4 Å². The van der Waals surface area contributed by atoms with Gasteiger partial charge in [0.1, 0.15) is 5.78 Å². The van der Waals surface area contributed by atoms with Gasteiger partial charge in [0.05, 0.1) is 11.4 Å². The Hall–Kier alpha value is -0.740. The molecule has 1 unspecified atom stereocenters. The van der Waals surface area contributed by atoms with Gasteiger partial charge in [-0.05, 0) is 62.4 Å². The van der Waals surface area contributed by atoms with Crippen molar-refractivity contribution in [3.05, 3.63) is 23.3 Å². The molecule has 25 heavy (non-hydrogen) atoms. The standard InChI is InChI=1S/C21H27BrO3/c1-20-8-7-16-14(15(20)5-6-17(20)18(24)11-22)4-3-12-9-13(23)10-19(25)21(12,16)2/h7,9,14-15,17,19,25H,3-6,8,10-11H2,1-2H3/t14-,15-,17+,19?,20-,21-/m0/s1. The van der Waals surface area contributed by atoms with Crippen molar-refractivity contribution in [1.82, 2.24) is 0 Å². The molecule has 0 amide bonds. The second-order valence-corrected chi connectivity index (χ2v) is 9.47. The first kappa shape index (κ1) is 17.7. The molecule has 4 aliphatic rings. The Bertz CT molecular complexity index is 693. The smallest absolute Gasteiger partial charge is 0.158 e. The molecule has 4 heteroatoms. The van der Waals surface area contributed by atoms with Crippen LogP contribution in [0.3, 0.4) is 0 Å². The Morgan fingerprint density at radius 1 is 1.32 bits per heavy atom. The van der Waals surface area contributed by atoms with Crippen molar-refractivity contribution in [2.45, 2.75) is 58.5 Å². The highest BCUT2D eigenvalue weighted by Crippen LogP contribution is 2.64. The molecule has 0 aliphatic heterocycles. The highest BCUT2D eigenvalue weighted by Gasteiger charge is 2.58. The Morgan fingerprint density at radius 2 is 2.08 bits per heavy atom. The van der Waals surface area contributed by atoms with E-state index in [1.807, 2.05) is 0 Å². The molecule has 0 aromatic heterocycles. The third kappa shape index (κ3) is 2.32. The summed E-state index contributed by atoms with van der Waals surface area (Å²) in [5.74, 6) is 1.51. The molecule has 0 radical (unpaired) electrons. The number of alkyl halides is 1. The summed E-state index contributed by atoms with van der Waals surface area (Å²) in [5, 5.41) is 11.2. The lowest BCUT2D eigenvalue weighted by Crippen LogP contribution is -2.50. The maximum absolute atomic E-state index is 12.5. The van der Waals surface area contributed by atoms with Gasteiger partial charge in [0.25, 0.3) is 0 Å². The van der Waals surface area contributed by atoms with Crippen LogP contribution in [0.15, 0.2) is 23.3 Å². The number of fused-ring (bicyclic) bond motifs is 5. The Labute approximate surface area is 158 Å². The largest absolute Gasteiger partial charge is 0.391 e. The molecule has 0 heterocycles. The Morgan fingerprint density at radius 3 is 2.80 bits per heavy atom. The molecule has 4 rings (SSSR count). The minimum Gasteiger partial charge on any atom is -0.391 e. The van der Waals surface area contributed by atoms with E-state index in [1.54, 1.807) is 6.08 Å². The SMILES string of the molecule is C[C@@]12C(=CC(=O)CC1O)CC[C@@H]1C2=CC[C@]2(C)[C@@H](C(=O)CBr)CC[C@@H]12. The zero-order valence-electron chi connectivity index (χ0n) is 15.1. The Balaban J connectivity index is 1.75. The maximum Gasteiger partial charge on any atom is 0.158 e. The topological polar surface area (TPSA) is 54.4 Å². The van der Waals surface area contributed by atoms with E-state index < -0.39 is 6.10 Å². The van der Waals surface area contributed by atoms with Gasteiger partial charge in [0.15, 0.2) is 5.78 Å². The molecular formula is C21H27BrO3. The van der Waals surface area contributed by atoms with Crippen LogP contribution in [0, 0.1) is 28.6 Å². The van der Waals surface area contributed by atoms with Gasteiger partial charge in [-0.3, -0.25) is 9.59 Å². The molecule has 0 spiro atoms. The van der Waals surface area contributed by atoms with Gasteiger partial charge in [0, 0.05) is 17.8 Å². The van der Waals surface area contributed by atoms with Crippen LogP contribution in [-0.4, -0.2) is 28.1 Å². The lowest BCUT2D eigenvalue weighted by atomic mass is 9.50. The number of hydrogen-bond donors (Lipinski definition) is 1. The Kier molecular flexibility index (Phi) is 4.16. The van der Waals surface area contributed by atoms with Crippen LogP contribution in [0.2, 0.25) is 0 Å². The number of carbonyl (C=O) groups excluding carboxylic acids is 2. The van der Waals surface area contributed by atoms with E-state index in [2.05, 4.69) is 35.9 Å². The van der Waals surface area contributed by atoms with E-state index in [0.717, 1.165) is 37.7 Å². The molecule has 1 N–H and O–H groups in total. The minimum atomic E-state index is -0.611. The summed E-state index contributed by atoms with van der Waals surface area (Å²) >= 11 is 3.36. The minimum absolute atomic E-state index is 0.0477. The third-order valence-corrected chi connectivity index (χ3v) is 8.52. The van der Waals surface area contributed by atoms with Gasteiger partial charge in [0.2, 0.25) is 0 Å². The number of carbonyl (C=O) groups is 2. The number of allylic oxidation sites excluding steroid dienone is 2. The summed E-state index contributed by atoms with van der Waals surface area (Å²) < 4.78 is 0. The summed E-state index contributed by atoms with van der Waals surface area (Å²) in [7, 11) is 0. The van der Waals surface area contributed by atoms with Gasteiger partial charge in [-0.15, -0.1) is 0 Å². The van der Waals surface area contributed by atoms with Crippen molar-refractivity contribution in [3.8, 4) is 0 Å². The monoisotopic (exact) mass is 406 g/mol. The van der Waals surface area contributed by atoms with Crippen LogP contribution in [0.4, 0.5) is 0 Å². The van der Waals surface area contributed by atoms with Crippen LogP contribution in [-0.2, 0) is 9.59 Å². The fourth-order valence-electron chi connectivity index (χ4n) is 6.52. The van der Waals surface area contributed by atoms with Gasteiger partial charge < -0.3 is 5.11 Å². The van der Waals surface area contributed by atoms with Crippen molar-refractivity contribution >= 4 is 27.5 Å². The normalized spacial score (nSPS) is 45.8. The van der Waals surface area contributed by atoms with E-state index >= 15 is 0 Å². The molecule has 136 valence electrons. The van der Waals surface area contributed by atoms with Crippen molar-refractivity contribution in [3.63, 3.8) is 0 Å². The van der Waals surface area contributed by atoms with Gasteiger partial charge >= 0.3 is 0 Å². The van der Waals surface area contributed by atoms with Crippen LogP contribution >= 0.6 is 15.9 Å². The highest BCUT2D eigenvalue weighted by molar-refractivity contribution is 9.09. The average molecular weight is 407 g/mol. The lowest BCUT2D eigenvalue weighted by Gasteiger charge is -2.54. The van der Waals surface area contributed by atoms with Crippen LogP contribution in [0.25, 0.3) is 0 Å². The second kappa shape index (κ2) is 5.88. The number of rotatable bonds is 2. The molecule has 3 nitrogen and oxygen atoms in total. The van der Waals surface area contributed by atoms with Crippen molar-refractivity contribution in [1.29, 1.82) is 0 Å². The van der Waals surface area contributed by atoms with Crippen molar-refractivity contribution in [2.24, 2.45) is 28.6 Å². The third-order valence-electron chi connectivity index (χ3n) is 7.96. The summed E-state index contributed by atoms with van der Waals surface area (Å²) in [5.41, 5.74) is 2.13. The average Bonchev–Trinajstić information content (AvgIpc) is 2.93. The predicted octanol–water partition coefficient (Wildman–Crippen LogP) is 3.99.